The highest BCUT2D eigenvalue weighted by Gasteiger charge is 2.64. The number of pyridine rings is 3. The predicted molar refractivity (Wildman–Crippen MR) is 411 cm³/mol. The van der Waals surface area contributed by atoms with Gasteiger partial charge in [-0.3, -0.25) is 15.0 Å². The number of fused-ring (bicyclic) bond motifs is 10. The van der Waals surface area contributed by atoms with Gasteiger partial charge in [0.05, 0.1) is 34.1 Å². The average Bonchev–Trinajstić information content (AvgIpc) is 1.48. The van der Waals surface area contributed by atoms with Gasteiger partial charge in [0.1, 0.15) is 0 Å². The van der Waals surface area contributed by atoms with Crippen molar-refractivity contribution < 1.29 is 0 Å². The van der Waals surface area contributed by atoms with Crippen LogP contribution < -0.4 is 9.80 Å². The molecule has 2 spiro atoms. The van der Waals surface area contributed by atoms with Gasteiger partial charge in [0.2, 0.25) is 0 Å². The van der Waals surface area contributed by atoms with Crippen LogP contribution in [-0.2, 0) is 10.8 Å². The lowest BCUT2D eigenvalue weighted by Gasteiger charge is -2.61. The molecule has 8 fully saturated rings. The molecule has 100 heavy (non-hydrogen) atoms. The minimum Gasteiger partial charge on any atom is -0.310 e. The van der Waals surface area contributed by atoms with Gasteiger partial charge < -0.3 is 9.80 Å². The SMILES string of the molecule is c1ccc(-c2ccc(N(c3ccc(-c4ccnc5ccccc45)cc3)c3cccc4c3C3(c5ccccc5-4)C4CC5CC(C4)CC3C5)cc2)cc1.c1ccc(-c2ccc(N(c3ccc4c(c3)-c3ccccc3C43C4CC5CC(C4)CC3C5)c3cnc4c(ccc5cccnc54)c3)cc2)cc1. The maximum absolute atomic E-state index is 5.07. The van der Waals surface area contributed by atoms with Crippen molar-refractivity contribution in [3.8, 4) is 55.6 Å². The Labute approximate surface area is 585 Å². The fourth-order valence-electron chi connectivity index (χ4n) is 22.4. The number of anilines is 6. The first-order valence-corrected chi connectivity index (χ1v) is 37.0. The monoisotopic (exact) mass is 1290 g/mol. The number of aromatic nitrogens is 3. The van der Waals surface area contributed by atoms with Crippen molar-refractivity contribution in [3.05, 3.63) is 320 Å². The second kappa shape index (κ2) is 22.9. The first-order chi connectivity index (χ1) is 49.5. The van der Waals surface area contributed by atoms with Gasteiger partial charge in [0.25, 0.3) is 0 Å². The van der Waals surface area contributed by atoms with Crippen LogP contribution >= 0.6 is 0 Å². The van der Waals surface area contributed by atoms with Crippen molar-refractivity contribution in [3.63, 3.8) is 0 Å². The topological polar surface area (TPSA) is 45.2 Å². The number of benzene rings is 11. The largest absolute Gasteiger partial charge is 0.310 e. The van der Waals surface area contributed by atoms with E-state index in [2.05, 4.69) is 288 Å². The van der Waals surface area contributed by atoms with Crippen LogP contribution in [0, 0.1) is 47.3 Å². The zero-order valence-corrected chi connectivity index (χ0v) is 56.2. The van der Waals surface area contributed by atoms with Gasteiger partial charge in [0, 0.05) is 62.1 Å². The van der Waals surface area contributed by atoms with E-state index in [1.807, 2.05) is 24.7 Å². The Hall–Kier alpha value is -10.8. The van der Waals surface area contributed by atoms with Crippen molar-refractivity contribution in [1.82, 2.24) is 15.0 Å². The van der Waals surface area contributed by atoms with Crippen molar-refractivity contribution in [1.29, 1.82) is 0 Å². The second-order valence-corrected chi connectivity index (χ2v) is 30.7. The lowest BCUT2D eigenvalue weighted by atomic mass is 9.43. The molecule has 5 heteroatoms. The molecule has 0 radical (unpaired) electrons. The summed E-state index contributed by atoms with van der Waals surface area (Å²) in [6.45, 7) is 0. The molecule has 8 saturated carbocycles. The molecule has 482 valence electrons. The van der Waals surface area contributed by atoms with E-state index in [1.165, 1.54) is 148 Å². The number of nitrogens with zero attached hydrogens (tertiary/aromatic N) is 5. The molecule has 3 aromatic heterocycles. The van der Waals surface area contributed by atoms with Gasteiger partial charge in [-0.1, -0.05) is 200 Å². The number of rotatable bonds is 9. The maximum Gasteiger partial charge on any atom is 0.0966 e. The molecule has 0 aliphatic heterocycles. The fourth-order valence-corrected chi connectivity index (χ4v) is 22.4. The zero-order chi connectivity index (χ0) is 65.6. The third-order valence-electron chi connectivity index (χ3n) is 25.8. The van der Waals surface area contributed by atoms with Gasteiger partial charge in [-0.15, -0.1) is 0 Å². The summed E-state index contributed by atoms with van der Waals surface area (Å²) in [6.07, 6.45) is 19.8. The molecular formula is C95H77N5. The molecule has 0 N–H and O–H groups in total. The van der Waals surface area contributed by atoms with Crippen LogP contribution in [0.25, 0.3) is 88.3 Å². The molecule has 0 amide bonds. The van der Waals surface area contributed by atoms with Gasteiger partial charge in [0.15, 0.2) is 0 Å². The first-order valence-electron chi connectivity index (χ1n) is 37.0. The molecule has 11 aromatic carbocycles. The molecule has 10 aliphatic rings. The highest BCUT2D eigenvalue weighted by atomic mass is 15.2. The molecule has 24 rings (SSSR count). The van der Waals surface area contributed by atoms with Crippen LogP contribution in [-0.4, -0.2) is 15.0 Å². The summed E-state index contributed by atoms with van der Waals surface area (Å²) < 4.78 is 0. The van der Waals surface area contributed by atoms with Crippen molar-refractivity contribution in [2.75, 3.05) is 9.80 Å². The summed E-state index contributed by atoms with van der Waals surface area (Å²) in [5.41, 5.74) is 29.7. The van der Waals surface area contributed by atoms with Gasteiger partial charge >= 0.3 is 0 Å². The molecule has 14 aromatic rings. The van der Waals surface area contributed by atoms with Crippen molar-refractivity contribution in [2.45, 2.75) is 75.0 Å². The summed E-state index contributed by atoms with van der Waals surface area (Å²) >= 11 is 0. The molecular weight excluding hydrogens is 1210 g/mol. The van der Waals surface area contributed by atoms with E-state index in [1.54, 1.807) is 22.3 Å². The van der Waals surface area contributed by atoms with Crippen LogP contribution in [0.5, 0.6) is 0 Å². The summed E-state index contributed by atoms with van der Waals surface area (Å²) in [7, 11) is 0. The minimum atomic E-state index is 0.0636. The average molecular weight is 1290 g/mol. The van der Waals surface area contributed by atoms with Crippen LogP contribution in [0.4, 0.5) is 34.1 Å². The van der Waals surface area contributed by atoms with Crippen molar-refractivity contribution >= 4 is 66.8 Å². The smallest absolute Gasteiger partial charge is 0.0966 e. The Morgan fingerprint density at radius 3 is 1.41 bits per heavy atom. The van der Waals surface area contributed by atoms with E-state index >= 15 is 0 Å². The van der Waals surface area contributed by atoms with E-state index in [-0.39, 0.29) is 10.8 Å². The van der Waals surface area contributed by atoms with Crippen LogP contribution in [0.2, 0.25) is 0 Å². The van der Waals surface area contributed by atoms with Crippen LogP contribution in [0.1, 0.15) is 86.5 Å². The molecule has 10 aliphatic carbocycles. The standard InChI is InChI=1S/C49H40N2.C46H37N3/c1-2-9-34(10-3-1)35-17-21-39(22-18-35)51(40-23-19-36(20-24-40)41-25-26-50-46-15-7-5-12-43(41)46)47-16-8-13-44-42-11-4-6-14-45(42)49(48(44)47)37-28-32-27-33(30-37)31-38(49)29-32;1-2-7-31(8-3-1)32-14-16-37(17-15-32)49(39-26-34-13-12-33-9-6-20-47-44(33)45(34)48-28-39)38-18-19-43-41(27-38)40-10-4-5-11-42(40)46(43)35-22-29-21-30(24-35)25-36(46)23-29/h1-26,32-33,37-38H,27-31H2;1-20,26-30,35-36H,21-25H2. The third kappa shape index (κ3) is 8.89. The van der Waals surface area contributed by atoms with Gasteiger partial charge in [-0.2, -0.15) is 0 Å². The molecule has 0 saturated heterocycles. The molecule has 8 bridgehead atoms. The minimum absolute atomic E-state index is 0.0636. The van der Waals surface area contributed by atoms with Gasteiger partial charge in [-0.05, 0) is 268 Å². The Morgan fingerprint density at radius 2 is 0.770 bits per heavy atom. The highest BCUT2D eigenvalue weighted by Crippen LogP contribution is 2.72. The van der Waals surface area contributed by atoms with Crippen molar-refractivity contribution in [2.24, 2.45) is 47.3 Å². The molecule has 0 unspecified atom stereocenters. The molecule has 3 heterocycles. The Balaban J connectivity index is 0.000000131. The number of hydrogen-bond acceptors (Lipinski definition) is 5. The Morgan fingerprint density at radius 1 is 0.280 bits per heavy atom. The lowest BCUT2D eigenvalue weighted by Crippen LogP contribution is -2.55. The zero-order valence-electron chi connectivity index (χ0n) is 56.2. The van der Waals surface area contributed by atoms with Gasteiger partial charge in [-0.25, -0.2) is 0 Å². The fraction of sp³-hybridized carbons (Fsp3) is 0.211. The van der Waals surface area contributed by atoms with Crippen LogP contribution in [0.3, 0.4) is 0 Å². The Bertz CT molecular complexity index is 5460. The molecule has 0 atom stereocenters. The van der Waals surface area contributed by atoms with E-state index in [9.17, 15) is 0 Å². The number of para-hydroxylation sites is 1. The summed E-state index contributed by atoms with van der Waals surface area (Å²) in [4.78, 5) is 19.4. The van der Waals surface area contributed by atoms with Crippen LogP contribution in [0.15, 0.2) is 298 Å². The third-order valence-corrected chi connectivity index (χ3v) is 25.8. The summed E-state index contributed by atoms with van der Waals surface area (Å²) in [5, 5.41) is 3.39. The summed E-state index contributed by atoms with van der Waals surface area (Å²) in [5.74, 6) is 6.58. The second-order valence-electron chi connectivity index (χ2n) is 30.7. The number of hydrogen-bond donors (Lipinski definition) is 0. The quantitative estimate of drug-likeness (QED) is 0.135. The van der Waals surface area contributed by atoms with E-state index < -0.39 is 0 Å². The normalized spacial score (nSPS) is 24.1. The predicted octanol–water partition coefficient (Wildman–Crippen LogP) is 24.4. The first kappa shape index (κ1) is 58.2. The van der Waals surface area contributed by atoms with E-state index in [4.69, 9.17) is 9.97 Å². The Kier molecular flexibility index (Phi) is 13.3. The van der Waals surface area contributed by atoms with E-state index in [0.717, 1.165) is 74.2 Å². The summed E-state index contributed by atoms with van der Waals surface area (Å²) in [6, 6.07) is 104. The highest BCUT2D eigenvalue weighted by molar-refractivity contribution is 6.04. The molecule has 5 nitrogen and oxygen atoms in total. The maximum atomic E-state index is 5.07. The lowest BCUT2D eigenvalue weighted by molar-refractivity contribution is -0.0399. The van der Waals surface area contributed by atoms with E-state index in [0.29, 0.717) is 11.8 Å².